The van der Waals surface area contributed by atoms with Crippen molar-refractivity contribution in [2.45, 2.75) is 50.7 Å². The van der Waals surface area contributed by atoms with E-state index in [1.54, 1.807) is 12.0 Å². The minimum atomic E-state index is -0.273. The van der Waals surface area contributed by atoms with E-state index in [0.29, 0.717) is 36.2 Å². The molecule has 9 nitrogen and oxygen atoms in total. The lowest BCUT2D eigenvalue weighted by Crippen LogP contribution is -2.34. The molecular weight excluding hydrogens is 444 g/mol. The van der Waals surface area contributed by atoms with Crippen molar-refractivity contribution in [2.24, 2.45) is 5.92 Å². The molecule has 2 amide bonds. The number of likely N-dealkylation sites (tertiary alicyclic amines) is 1. The smallest absolute Gasteiger partial charge is 0.245 e. The third-order valence-corrected chi connectivity index (χ3v) is 7.09. The Kier molecular flexibility index (Phi) is 6.45. The molecular formula is C23H28N4O5S. The molecule has 1 aromatic heterocycles. The molecule has 3 aliphatic rings. The lowest BCUT2D eigenvalue weighted by molar-refractivity contribution is -0.131. The Hall–Kier alpha value is -2.72. The Labute approximate surface area is 196 Å². The molecule has 3 fully saturated rings. The standard InChI is InChI=1S/C23H28N4O5S/c1-30-17-7-6-15(10-18(17)32-22-3-2-8-31-22)16-11-21(29)27(12-16)13-19(28)24-23-26-25-20(33-23)9-14-4-5-14/h6-7,10,14,16,22H,2-5,8-9,11-13H2,1H3,(H,24,26,28)/t16-,22?/m1/s1. The highest BCUT2D eigenvalue weighted by Gasteiger charge is 2.33. The van der Waals surface area contributed by atoms with E-state index in [0.717, 1.165) is 35.8 Å². The van der Waals surface area contributed by atoms with Gasteiger partial charge < -0.3 is 19.1 Å². The summed E-state index contributed by atoms with van der Waals surface area (Å²) < 4.78 is 17.0. The van der Waals surface area contributed by atoms with Gasteiger partial charge in [-0.3, -0.25) is 14.9 Å². The highest BCUT2D eigenvalue weighted by atomic mass is 32.1. The fourth-order valence-corrected chi connectivity index (χ4v) is 5.13. The van der Waals surface area contributed by atoms with Crippen LogP contribution in [0.3, 0.4) is 0 Å². The van der Waals surface area contributed by atoms with E-state index in [1.807, 2.05) is 18.2 Å². The van der Waals surface area contributed by atoms with Crippen LogP contribution in [-0.2, 0) is 20.7 Å². The van der Waals surface area contributed by atoms with E-state index in [-0.39, 0.29) is 30.6 Å². The van der Waals surface area contributed by atoms with Crippen LogP contribution in [0.25, 0.3) is 0 Å². The van der Waals surface area contributed by atoms with E-state index >= 15 is 0 Å². The van der Waals surface area contributed by atoms with Crippen LogP contribution in [0.4, 0.5) is 5.13 Å². The molecule has 2 aromatic rings. The lowest BCUT2D eigenvalue weighted by Gasteiger charge is -2.19. The Bertz CT molecular complexity index is 1020. The van der Waals surface area contributed by atoms with Crippen LogP contribution in [0.2, 0.25) is 0 Å². The Morgan fingerprint density at radius 2 is 2.15 bits per heavy atom. The van der Waals surface area contributed by atoms with E-state index in [2.05, 4.69) is 15.5 Å². The number of rotatable bonds is 9. The molecule has 0 spiro atoms. The number of carbonyl (C=O) groups excluding carboxylic acids is 2. The molecule has 33 heavy (non-hydrogen) atoms. The van der Waals surface area contributed by atoms with Crippen LogP contribution < -0.4 is 14.8 Å². The van der Waals surface area contributed by atoms with Gasteiger partial charge in [-0.25, -0.2) is 0 Å². The summed E-state index contributed by atoms with van der Waals surface area (Å²) in [5, 5.41) is 12.4. The zero-order valence-corrected chi connectivity index (χ0v) is 19.4. The van der Waals surface area contributed by atoms with Gasteiger partial charge in [-0.05, 0) is 42.9 Å². The van der Waals surface area contributed by atoms with Crippen LogP contribution >= 0.6 is 11.3 Å². The number of aromatic nitrogens is 2. The molecule has 10 heteroatoms. The number of nitrogens with zero attached hydrogens (tertiary/aromatic N) is 3. The average Bonchev–Trinajstić information content (AvgIpc) is 3.13. The minimum Gasteiger partial charge on any atom is -0.493 e. The summed E-state index contributed by atoms with van der Waals surface area (Å²) >= 11 is 1.41. The molecule has 1 N–H and O–H groups in total. The number of benzene rings is 1. The first-order valence-corrected chi connectivity index (χ1v) is 12.2. The van der Waals surface area contributed by atoms with E-state index in [9.17, 15) is 9.59 Å². The summed E-state index contributed by atoms with van der Waals surface area (Å²) in [7, 11) is 1.60. The maximum Gasteiger partial charge on any atom is 0.245 e. The molecule has 1 unspecified atom stereocenters. The van der Waals surface area contributed by atoms with Crippen molar-refractivity contribution in [2.75, 3.05) is 32.1 Å². The van der Waals surface area contributed by atoms with Gasteiger partial charge in [0.2, 0.25) is 16.9 Å². The number of hydrogen-bond donors (Lipinski definition) is 1. The summed E-state index contributed by atoms with van der Waals surface area (Å²) in [6.07, 6.45) is 5.31. The Morgan fingerprint density at radius 1 is 1.27 bits per heavy atom. The number of anilines is 1. The molecule has 3 heterocycles. The van der Waals surface area contributed by atoms with E-state index < -0.39 is 0 Å². The summed E-state index contributed by atoms with van der Waals surface area (Å²) in [5.41, 5.74) is 0.980. The molecule has 1 aromatic carbocycles. The maximum absolute atomic E-state index is 12.6. The number of amides is 2. The molecule has 0 radical (unpaired) electrons. The SMILES string of the molecule is COc1ccc([C@@H]2CC(=O)N(CC(=O)Nc3nnc(CC4CC4)s3)C2)cc1OC1CCCO1. The van der Waals surface area contributed by atoms with Gasteiger partial charge in [0.15, 0.2) is 17.8 Å². The molecule has 5 rings (SSSR count). The van der Waals surface area contributed by atoms with Crippen molar-refractivity contribution in [1.29, 1.82) is 0 Å². The highest BCUT2D eigenvalue weighted by molar-refractivity contribution is 7.15. The third-order valence-electron chi connectivity index (χ3n) is 6.23. The zero-order chi connectivity index (χ0) is 22.8. The van der Waals surface area contributed by atoms with Crippen molar-refractivity contribution in [3.63, 3.8) is 0 Å². The predicted octanol–water partition coefficient (Wildman–Crippen LogP) is 2.97. The lowest BCUT2D eigenvalue weighted by atomic mass is 9.98. The number of nitrogens with one attached hydrogen (secondary N) is 1. The van der Waals surface area contributed by atoms with Crippen molar-refractivity contribution in [3.8, 4) is 11.5 Å². The van der Waals surface area contributed by atoms with Crippen LogP contribution in [0.5, 0.6) is 11.5 Å². The van der Waals surface area contributed by atoms with Crippen molar-refractivity contribution in [1.82, 2.24) is 15.1 Å². The summed E-state index contributed by atoms with van der Waals surface area (Å²) in [4.78, 5) is 26.7. The molecule has 1 aliphatic carbocycles. The largest absolute Gasteiger partial charge is 0.493 e. The first-order valence-electron chi connectivity index (χ1n) is 11.4. The summed E-state index contributed by atoms with van der Waals surface area (Å²) in [6.45, 7) is 1.17. The number of ether oxygens (including phenoxy) is 3. The fraction of sp³-hybridized carbons (Fsp3) is 0.565. The second kappa shape index (κ2) is 9.64. The number of methoxy groups -OCH3 is 1. The quantitative estimate of drug-likeness (QED) is 0.598. The minimum absolute atomic E-state index is 0.00228. The fourth-order valence-electron chi connectivity index (χ4n) is 4.26. The van der Waals surface area contributed by atoms with Gasteiger partial charge in [0.1, 0.15) is 5.01 Å². The topological polar surface area (TPSA) is 103 Å². The molecule has 2 saturated heterocycles. The van der Waals surface area contributed by atoms with E-state index in [4.69, 9.17) is 14.2 Å². The first-order chi connectivity index (χ1) is 16.1. The molecule has 176 valence electrons. The van der Waals surface area contributed by atoms with Gasteiger partial charge in [-0.1, -0.05) is 17.4 Å². The molecule has 1 saturated carbocycles. The van der Waals surface area contributed by atoms with Crippen LogP contribution in [0.1, 0.15) is 48.6 Å². The van der Waals surface area contributed by atoms with Gasteiger partial charge in [0.05, 0.1) is 20.3 Å². The van der Waals surface area contributed by atoms with Crippen molar-refractivity contribution >= 4 is 28.3 Å². The van der Waals surface area contributed by atoms with Crippen LogP contribution in [0.15, 0.2) is 18.2 Å². The van der Waals surface area contributed by atoms with Crippen molar-refractivity contribution < 1.29 is 23.8 Å². The van der Waals surface area contributed by atoms with E-state index in [1.165, 1.54) is 24.2 Å². The Balaban J connectivity index is 1.19. The third kappa shape index (κ3) is 5.44. The van der Waals surface area contributed by atoms with Crippen molar-refractivity contribution in [3.05, 3.63) is 28.8 Å². The summed E-state index contributed by atoms with van der Waals surface area (Å²) in [6, 6.07) is 5.73. The summed E-state index contributed by atoms with van der Waals surface area (Å²) in [5.74, 6) is 1.65. The molecule has 0 bridgehead atoms. The van der Waals surface area contributed by atoms with Gasteiger partial charge in [0.25, 0.3) is 0 Å². The zero-order valence-electron chi connectivity index (χ0n) is 18.6. The monoisotopic (exact) mass is 472 g/mol. The number of carbonyl (C=O) groups is 2. The normalized spacial score (nSPS) is 22.6. The average molecular weight is 473 g/mol. The van der Waals surface area contributed by atoms with Crippen LogP contribution in [0, 0.1) is 5.92 Å². The molecule has 2 aliphatic heterocycles. The molecule has 2 atom stereocenters. The van der Waals surface area contributed by atoms with Gasteiger partial charge in [-0.15, -0.1) is 10.2 Å². The van der Waals surface area contributed by atoms with Gasteiger partial charge in [-0.2, -0.15) is 0 Å². The predicted molar refractivity (Wildman–Crippen MR) is 122 cm³/mol. The first kappa shape index (κ1) is 22.1. The maximum atomic E-state index is 12.6. The highest BCUT2D eigenvalue weighted by Crippen LogP contribution is 2.36. The van der Waals surface area contributed by atoms with Gasteiger partial charge in [0, 0.05) is 31.7 Å². The van der Waals surface area contributed by atoms with Gasteiger partial charge >= 0.3 is 0 Å². The second-order valence-corrected chi connectivity index (χ2v) is 9.90. The number of hydrogen-bond acceptors (Lipinski definition) is 8. The van der Waals surface area contributed by atoms with Crippen LogP contribution in [-0.4, -0.2) is 60.0 Å². The Morgan fingerprint density at radius 3 is 2.91 bits per heavy atom. The second-order valence-electron chi connectivity index (χ2n) is 8.84.